The molecule has 1 amide bonds. The zero-order chi connectivity index (χ0) is 18.0. The molecule has 2 aromatic rings. The molecule has 1 heterocycles. The van der Waals surface area contributed by atoms with Crippen molar-refractivity contribution in [2.24, 2.45) is 0 Å². The molecule has 0 unspecified atom stereocenters. The van der Waals surface area contributed by atoms with Crippen molar-refractivity contribution in [2.75, 3.05) is 23.7 Å². The van der Waals surface area contributed by atoms with Crippen molar-refractivity contribution in [1.82, 2.24) is 4.72 Å². The van der Waals surface area contributed by atoms with Crippen LogP contribution in [0.25, 0.3) is 0 Å². The standard InChI is InChI=1S/C18H21N3O3S.ClH/c1-13(22)21-11-9-15-12-17(6-7-18(15)21)25(23,24)20-10-8-14-2-4-16(19)5-3-14;/h2-7,12,20H,8-11,19H2,1H3;1H. The molecule has 3 rings (SSSR count). The Balaban J connectivity index is 0.00000243. The number of anilines is 2. The number of nitrogen functional groups attached to an aromatic ring is 1. The summed E-state index contributed by atoms with van der Waals surface area (Å²) in [6.07, 6.45) is 1.26. The molecule has 3 N–H and O–H groups in total. The van der Waals surface area contributed by atoms with E-state index in [2.05, 4.69) is 4.72 Å². The fraction of sp³-hybridized carbons (Fsp3) is 0.278. The van der Waals surface area contributed by atoms with Crippen molar-refractivity contribution in [1.29, 1.82) is 0 Å². The van der Waals surface area contributed by atoms with Crippen LogP contribution in [0.3, 0.4) is 0 Å². The third-order valence-electron chi connectivity index (χ3n) is 4.32. The van der Waals surface area contributed by atoms with E-state index in [1.807, 2.05) is 12.1 Å². The van der Waals surface area contributed by atoms with Gasteiger partial charge in [0.2, 0.25) is 15.9 Å². The van der Waals surface area contributed by atoms with Crippen LogP contribution in [0.4, 0.5) is 11.4 Å². The first-order chi connectivity index (χ1) is 11.9. The highest BCUT2D eigenvalue weighted by Gasteiger charge is 2.24. The number of fused-ring (bicyclic) bond motifs is 1. The lowest BCUT2D eigenvalue weighted by Crippen LogP contribution is -2.26. The van der Waals surface area contributed by atoms with Crippen LogP contribution in [-0.4, -0.2) is 27.4 Å². The molecule has 0 fully saturated rings. The number of nitrogens with one attached hydrogen (secondary N) is 1. The van der Waals surface area contributed by atoms with Gasteiger partial charge in [-0.25, -0.2) is 13.1 Å². The summed E-state index contributed by atoms with van der Waals surface area (Å²) >= 11 is 0. The summed E-state index contributed by atoms with van der Waals surface area (Å²) in [5, 5.41) is 0. The van der Waals surface area contributed by atoms with E-state index < -0.39 is 10.0 Å². The van der Waals surface area contributed by atoms with Crippen LogP contribution in [0.15, 0.2) is 47.4 Å². The van der Waals surface area contributed by atoms with Gasteiger partial charge in [0.1, 0.15) is 0 Å². The van der Waals surface area contributed by atoms with Crippen LogP contribution in [0.1, 0.15) is 18.1 Å². The summed E-state index contributed by atoms with van der Waals surface area (Å²) in [7, 11) is -3.58. The van der Waals surface area contributed by atoms with Gasteiger partial charge in [0.15, 0.2) is 0 Å². The molecule has 0 aromatic heterocycles. The number of rotatable bonds is 5. The Morgan fingerprint density at radius 2 is 1.88 bits per heavy atom. The SMILES string of the molecule is CC(=O)N1CCc2cc(S(=O)(=O)NCCc3ccc(N)cc3)ccc21.Cl. The molecule has 8 heteroatoms. The Labute approximate surface area is 159 Å². The van der Waals surface area contributed by atoms with Crippen molar-refractivity contribution >= 4 is 39.7 Å². The van der Waals surface area contributed by atoms with Crippen LogP contribution in [0.5, 0.6) is 0 Å². The second-order valence-corrected chi connectivity index (χ2v) is 7.87. The predicted octanol–water partition coefficient (Wildman–Crippen LogP) is 2.12. The maximum absolute atomic E-state index is 12.5. The molecule has 0 spiro atoms. The smallest absolute Gasteiger partial charge is 0.240 e. The first kappa shape index (κ1) is 20.2. The quantitative estimate of drug-likeness (QED) is 0.758. The molecule has 0 radical (unpaired) electrons. The highest BCUT2D eigenvalue weighted by atomic mass is 35.5. The minimum absolute atomic E-state index is 0. The molecular weight excluding hydrogens is 374 g/mol. The molecular formula is C18H22ClN3O3S. The molecule has 2 aromatic carbocycles. The van der Waals surface area contributed by atoms with Crippen molar-refractivity contribution in [3.05, 3.63) is 53.6 Å². The van der Waals surface area contributed by atoms with Gasteiger partial charge in [0.25, 0.3) is 0 Å². The fourth-order valence-electron chi connectivity index (χ4n) is 2.97. The summed E-state index contributed by atoms with van der Waals surface area (Å²) in [6, 6.07) is 12.3. The Morgan fingerprint density at radius 1 is 1.19 bits per heavy atom. The van der Waals surface area contributed by atoms with E-state index in [4.69, 9.17) is 5.73 Å². The minimum atomic E-state index is -3.58. The average molecular weight is 396 g/mol. The maximum Gasteiger partial charge on any atom is 0.240 e. The van der Waals surface area contributed by atoms with Gasteiger partial charge in [0, 0.05) is 31.4 Å². The molecule has 1 aliphatic rings. The van der Waals surface area contributed by atoms with Crippen LogP contribution in [0.2, 0.25) is 0 Å². The predicted molar refractivity (Wildman–Crippen MR) is 105 cm³/mol. The average Bonchev–Trinajstić information content (AvgIpc) is 3.00. The number of hydrogen-bond acceptors (Lipinski definition) is 4. The van der Waals surface area contributed by atoms with E-state index in [0.717, 1.165) is 16.8 Å². The van der Waals surface area contributed by atoms with E-state index in [9.17, 15) is 13.2 Å². The maximum atomic E-state index is 12.5. The topological polar surface area (TPSA) is 92.5 Å². The lowest BCUT2D eigenvalue weighted by Gasteiger charge is -2.15. The van der Waals surface area contributed by atoms with Crippen molar-refractivity contribution in [2.45, 2.75) is 24.7 Å². The first-order valence-electron chi connectivity index (χ1n) is 8.12. The Kier molecular flexibility index (Phi) is 6.28. The highest BCUT2D eigenvalue weighted by molar-refractivity contribution is 7.89. The first-order valence-corrected chi connectivity index (χ1v) is 9.60. The van der Waals surface area contributed by atoms with E-state index in [1.54, 1.807) is 35.2 Å². The number of nitrogens with two attached hydrogens (primary N) is 1. The third kappa shape index (κ3) is 4.35. The summed E-state index contributed by atoms with van der Waals surface area (Å²) in [5.74, 6) is -0.0315. The van der Waals surface area contributed by atoms with E-state index in [0.29, 0.717) is 31.6 Å². The van der Waals surface area contributed by atoms with Gasteiger partial charge >= 0.3 is 0 Å². The van der Waals surface area contributed by atoms with Crippen LogP contribution < -0.4 is 15.4 Å². The number of nitrogens with zero attached hydrogens (tertiary/aromatic N) is 1. The van der Waals surface area contributed by atoms with Gasteiger partial charge in [-0.2, -0.15) is 0 Å². The van der Waals surface area contributed by atoms with Crippen LogP contribution >= 0.6 is 12.4 Å². The van der Waals surface area contributed by atoms with Gasteiger partial charge in [-0.05, 0) is 54.3 Å². The summed E-state index contributed by atoms with van der Waals surface area (Å²) < 4.78 is 27.6. The number of sulfonamides is 1. The Hall–Kier alpha value is -2.09. The molecule has 0 aliphatic carbocycles. The van der Waals surface area contributed by atoms with Crippen LogP contribution in [0, 0.1) is 0 Å². The summed E-state index contributed by atoms with van der Waals surface area (Å²) in [4.78, 5) is 13.5. The van der Waals surface area contributed by atoms with Gasteiger partial charge in [-0.15, -0.1) is 12.4 Å². The number of hydrogen-bond donors (Lipinski definition) is 2. The Bertz CT molecular complexity index is 898. The zero-order valence-electron chi connectivity index (χ0n) is 14.4. The number of carbonyl (C=O) groups is 1. The summed E-state index contributed by atoms with van der Waals surface area (Å²) in [5.41, 5.74) is 9.02. The molecule has 0 bridgehead atoms. The van der Waals surface area contributed by atoms with Gasteiger partial charge in [-0.3, -0.25) is 4.79 Å². The molecule has 0 saturated heterocycles. The zero-order valence-corrected chi connectivity index (χ0v) is 16.1. The molecule has 0 saturated carbocycles. The lowest BCUT2D eigenvalue weighted by atomic mass is 10.1. The fourth-order valence-corrected chi connectivity index (χ4v) is 4.05. The monoisotopic (exact) mass is 395 g/mol. The molecule has 26 heavy (non-hydrogen) atoms. The third-order valence-corrected chi connectivity index (χ3v) is 5.78. The van der Waals surface area contributed by atoms with Crippen molar-refractivity contribution in [3.63, 3.8) is 0 Å². The van der Waals surface area contributed by atoms with E-state index in [-0.39, 0.29) is 23.2 Å². The largest absolute Gasteiger partial charge is 0.399 e. The van der Waals surface area contributed by atoms with Gasteiger partial charge < -0.3 is 10.6 Å². The number of benzene rings is 2. The molecule has 6 nitrogen and oxygen atoms in total. The summed E-state index contributed by atoms with van der Waals surface area (Å²) in [6.45, 7) is 2.42. The van der Waals surface area contributed by atoms with Crippen molar-refractivity contribution < 1.29 is 13.2 Å². The normalized spacial score (nSPS) is 13.2. The van der Waals surface area contributed by atoms with Crippen molar-refractivity contribution in [3.8, 4) is 0 Å². The minimum Gasteiger partial charge on any atom is -0.399 e. The van der Waals surface area contributed by atoms with Crippen LogP contribution in [-0.2, 0) is 27.7 Å². The number of carbonyl (C=O) groups excluding carboxylic acids is 1. The number of amides is 1. The molecule has 0 atom stereocenters. The second-order valence-electron chi connectivity index (χ2n) is 6.10. The van der Waals surface area contributed by atoms with E-state index in [1.165, 1.54) is 6.92 Å². The number of halogens is 1. The molecule has 1 aliphatic heterocycles. The van der Waals surface area contributed by atoms with Gasteiger partial charge in [0.05, 0.1) is 4.90 Å². The lowest BCUT2D eigenvalue weighted by molar-refractivity contribution is -0.116. The molecule has 140 valence electrons. The van der Waals surface area contributed by atoms with E-state index >= 15 is 0 Å². The Morgan fingerprint density at radius 3 is 2.54 bits per heavy atom. The highest BCUT2D eigenvalue weighted by Crippen LogP contribution is 2.30. The second kappa shape index (κ2) is 8.07. The van der Waals surface area contributed by atoms with Gasteiger partial charge in [-0.1, -0.05) is 12.1 Å².